The maximum atomic E-state index is 5.01. The van der Waals surface area contributed by atoms with E-state index in [4.69, 9.17) is 12.2 Å². The van der Waals surface area contributed by atoms with Crippen molar-refractivity contribution >= 4 is 23.0 Å². The number of benzene rings is 1. The second-order valence-corrected chi connectivity index (χ2v) is 4.33. The Hall–Kier alpha value is -1.94. The number of imidazole rings is 1. The van der Waals surface area contributed by atoms with Crippen LogP contribution in [0.25, 0.3) is 10.8 Å². The number of nitrogens with zero attached hydrogens (tertiary/aromatic N) is 1. The molecule has 3 nitrogen and oxygen atoms in total. The molecule has 2 N–H and O–H groups in total. The molecule has 0 radical (unpaired) electrons. The van der Waals surface area contributed by atoms with Crippen LogP contribution in [0.15, 0.2) is 42.7 Å². The average molecular weight is 241 g/mol. The first-order chi connectivity index (χ1) is 8.33. The van der Waals surface area contributed by atoms with Crippen LogP contribution in [0.5, 0.6) is 0 Å². The quantitative estimate of drug-likeness (QED) is 0.677. The van der Waals surface area contributed by atoms with Crippen molar-refractivity contribution in [3.63, 3.8) is 0 Å². The van der Waals surface area contributed by atoms with Crippen LogP contribution >= 0.6 is 12.2 Å². The highest BCUT2D eigenvalue weighted by Gasteiger charge is 2.03. The molecular weight excluding hydrogens is 230 g/mol. The molecule has 4 heteroatoms. The lowest BCUT2D eigenvalue weighted by Gasteiger charge is -2.03. The summed E-state index contributed by atoms with van der Waals surface area (Å²) in [5, 5.41) is 2.40. The smallest absolute Gasteiger partial charge is 0.174 e. The van der Waals surface area contributed by atoms with Gasteiger partial charge < -0.3 is 9.97 Å². The molecular formula is C13H11N3S. The highest BCUT2D eigenvalue weighted by Crippen LogP contribution is 2.18. The van der Waals surface area contributed by atoms with Gasteiger partial charge in [0.1, 0.15) is 0 Å². The highest BCUT2D eigenvalue weighted by molar-refractivity contribution is 7.71. The van der Waals surface area contributed by atoms with Gasteiger partial charge >= 0.3 is 0 Å². The lowest BCUT2D eigenvalue weighted by Crippen LogP contribution is -1.93. The molecule has 0 spiro atoms. The topological polar surface area (TPSA) is 44.5 Å². The van der Waals surface area contributed by atoms with Crippen LogP contribution in [0.3, 0.4) is 0 Å². The number of aromatic amines is 2. The van der Waals surface area contributed by atoms with Gasteiger partial charge in [-0.05, 0) is 23.7 Å². The Labute approximate surface area is 104 Å². The van der Waals surface area contributed by atoms with Crippen molar-refractivity contribution < 1.29 is 0 Å². The average Bonchev–Trinajstić information content (AvgIpc) is 2.75. The molecule has 1 aromatic carbocycles. The largest absolute Gasteiger partial charge is 0.337 e. The summed E-state index contributed by atoms with van der Waals surface area (Å²) in [6.07, 6.45) is 4.50. The SMILES string of the molecule is S=c1[nH]cc(Cc2nccc3ccccc23)[nH]1. The Kier molecular flexibility index (Phi) is 2.49. The maximum absolute atomic E-state index is 5.01. The van der Waals surface area contributed by atoms with Gasteiger partial charge in [-0.3, -0.25) is 4.98 Å². The fraction of sp³-hybridized carbons (Fsp3) is 0.0769. The summed E-state index contributed by atoms with van der Waals surface area (Å²) in [5.74, 6) is 0. The molecule has 84 valence electrons. The van der Waals surface area contributed by atoms with Crippen LogP contribution in [-0.2, 0) is 6.42 Å². The molecule has 0 aliphatic heterocycles. The molecule has 0 atom stereocenters. The molecule has 0 saturated carbocycles. The molecule has 0 aliphatic carbocycles. The Morgan fingerprint density at radius 1 is 1.18 bits per heavy atom. The fourth-order valence-corrected chi connectivity index (χ4v) is 2.16. The van der Waals surface area contributed by atoms with E-state index in [2.05, 4.69) is 27.1 Å². The minimum Gasteiger partial charge on any atom is -0.337 e. The monoisotopic (exact) mass is 241 g/mol. The first kappa shape index (κ1) is 10.2. The molecule has 0 saturated heterocycles. The van der Waals surface area contributed by atoms with Crippen molar-refractivity contribution in [1.82, 2.24) is 15.0 Å². The second kappa shape index (κ2) is 4.14. The zero-order chi connectivity index (χ0) is 11.7. The van der Waals surface area contributed by atoms with E-state index in [1.807, 2.05) is 30.6 Å². The fourth-order valence-electron chi connectivity index (χ4n) is 1.97. The van der Waals surface area contributed by atoms with Crippen molar-refractivity contribution in [2.75, 3.05) is 0 Å². The summed E-state index contributed by atoms with van der Waals surface area (Å²) in [6.45, 7) is 0. The molecule has 0 unspecified atom stereocenters. The third kappa shape index (κ3) is 1.99. The minimum atomic E-state index is 0.653. The predicted molar refractivity (Wildman–Crippen MR) is 70.5 cm³/mol. The lowest BCUT2D eigenvalue weighted by atomic mass is 10.1. The third-order valence-electron chi connectivity index (χ3n) is 2.77. The van der Waals surface area contributed by atoms with E-state index >= 15 is 0 Å². The number of hydrogen-bond donors (Lipinski definition) is 2. The second-order valence-electron chi connectivity index (χ2n) is 3.92. The Morgan fingerprint density at radius 2 is 2.06 bits per heavy atom. The van der Waals surface area contributed by atoms with Crippen LogP contribution in [0, 0.1) is 4.77 Å². The molecule has 17 heavy (non-hydrogen) atoms. The molecule has 3 aromatic rings. The molecule has 0 bridgehead atoms. The Bertz CT molecular complexity index is 706. The number of H-pyrrole nitrogens is 2. The Morgan fingerprint density at radius 3 is 2.88 bits per heavy atom. The number of aromatic nitrogens is 3. The molecule has 2 heterocycles. The van der Waals surface area contributed by atoms with E-state index in [0.717, 1.165) is 17.8 Å². The van der Waals surface area contributed by atoms with Gasteiger partial charge in [0.2, 0.25) is 0 Å². The third-order valence-corrected chi connectivity index (χ3v) is 2.99. The van der Waals surface area contributed by atoms with Crippen LogP contribution in [0.2, 0.25) is 0 Å². The zero-order valence-electron chi connectivity index (χ0n) is 9.10. The van der Waals surface area contributed by atoms with E-state index in [1.165, 1.54) is 10.8 Å². The number of pyridine rings is 1. The van der Waals surface area contributed by atoms with Gasteiger partial charge in [0.25, 0.3) is 0 Å². The van der Waals surface area contributed by atoms with E-state index < -0.39 is 0 Å². The van der Waals surface area contributed by atoms with Crippen molar-refractivity contribution in [2.45, 2.75) is 6.42 Å². The highest BCUT2D eigenvalue weighted by atomic mass is 32.1. The summed E-state index contributed by atoms with van der Waals surface area (Å²) in [5.41, 5.74) is 2.12. The Balaban J connectivity index is 2.08. The van der Waals surface area contributed by atoms with E-state index in [0.29, 0.717) is 4.77 Å². The minimum absolute atomic E-state index is 0.653. The van der Waals surface area contributed by atoms with E-state index in [-0.39, 0.29) is 0 Å². The maximum Gasteiger partial charge on any atom is 0.174 e. The van der Waals surface area contributed by atoms with Gasteiger partial charge in [-0.1, -0.05) is 24.3 Å². The molecule has 2 aromatic heterocycles. The first-order valence-corrected chi connectivity index (χ1v) is 5.83. The summed E-state index contributed by atoms with van der Waals surface area (Å²) in [4.78, 5) is 10.5. The van der Waals surface area contributed by atoms with Gasteiger partial charge in [0.15, 0.2) is 4.77 Å². The van der Waals surface area contributed by atoms with Crippen molar-refractivity contribution in [2.24, 2.45) is 0 Å². The first-order valence-electron chi connectivity index (χ1n) is 5.42. The van der Waals surface area contributed by atoms with Gasteiger partial charge in [-0.15, -0.1) is 0 Å². The van der Waals surface area contributed by atoms with E-state index in [1.54, 1.807) is 0 Å². The van der Waals surface area contributed by atoms with Gasteiger partial charge in [0.05, 0.1) is 5.69 Å². The van der Waals surface area contributed by atoms with Crippen LogP contribution < -0.4 is 0 Å². The summed E-state index contributed by atoms with van der Waals surface area (Å²) >= 11 is 5.01. The number of fused-ring (bicyclic) bond motifs is 1. The standard InChI is InChI=1S/C13H11N3S/c17-13-15-8-10(16-13)7-12-11-4-2-1-3-9(11)5-6-14-12/h1-6,8H,7H2,(H2,15,16,17). The normalized spacial score (nSPS) is 10.8. The van der Waals surface area contributed by atoms with Crippen LogP contribution in [0.1, 0.15) is 11.4 Å². The lowest BCUT2D eigenvalue weighted by molar-refractivity contribution is 1.05. The molecule has 0 aliphatic rings. The molecule has 0 amide bonds. The van der Waals surface area contributed by atoms with Crippen molar-refractivity contribution in [1.29, 1.82) is 0 Å². The van der Waals surface area contributed by atoms with Crippen LogP contribution in [0.4, 0.5) is 0 Å². The van der Waals surface area contributed by atoms with Gasteiger partial charge in [-0.25, -0.2) is 0 Å². The zero-order valence-corrected chi connectivity index (χ0v) is 9.92. The van der Waals surface area contributed by atoms with Gasteiger partial charge in [-0.2, -0.15) is 0 Å². The van der Waals surface area contributed by atoms with E-state index in [9.17, 15) is 0 Å². The van der Waals surface area contributed by atoms with Crippen molar-refractivity contribution in [3.05, 3.63) is 58.9 Å². The summed E-state index contributed by atoms with van der Waals surface area (Å²) in [6, 6.07) is 10.3. The number of hydrogen-bond acceptors (Lipinski definition) is 2. The van der Waals surface area contributed by atoms with Gasteiger partial charge in [0, 0.05) is 29.9 Å². The van der Waals surface area contributed by atoms with Crippen LogP contribution in [-0.4, -0.2) is 15.0 Å². The summed E-state index contributed by atoms with van der Waals surface area (Å²) < 4.78 is 0.653. The summed E-state index contributed by atoms with van der Waals surface area (Å²) in [7, 11) is 0. The number of nitrogens with one attached hydrogen (secondary N) is 2. The number of rotatable bonds is 2. The predicted octanol–water partition coefficient (Wildman–Crippen LogP) is 3.21. The molecule has 0 fully saturated rings. The van der Waals surface area contributed by atoms with Crippen molar-refractivity contribution in [3.8, 4) is 0 Å². The molecule has 3 rings (SSSR count).